The Morgan fingerprint density at radius 2 is 1.53 bits per heavy atom. The highest BCUT2D eigenvalue weighted by atomic mass is 16.5. The molecule has 1 spiro atoms. The van der Waals surface area contributed by atoms with Gasteiger partial charge in [0.25, 0.3) is 5.91 Å². The highest BCUT2D eigenvalue weighted by Crippen LogP contribution is 2.58. The van der Waals surface area contributed by atoms with Gasteiger partial charge in [-0.1, -0.05) is 30.3 Å². The number of carbonyl (C=O) groups is 2. The first-order valence-corrected chi connectivity index (χ1v) is 12.4. The molecule has 3 aromatic carbocycles. The van der Waals surface area contributed by atoms with Crippen molar-refractivity contribution < 1.29 is 14.3 Å². The molecule has 0 saturated carbocycles. The fourth-order valence-electron chi connectivity index (χ4n) is 5.37. The SMILES string of the molecule is CCN(C)c1ccc2c(c1)Oc1cc(N(CC)CC)ccc1C21c2ccccc2C(=O)N1/N=C/C=O. The number of ether oxygens (including phenoxy) is 1. The second-order valence-electron chi connectivity index (χ2n) is 8.92. The lowest BCUT2D eigenvalue weighted by Crippen LogP contribution is -2.44. The van der Waals surface area contributed by atoms with Crippen molar-refractivity contribution in [2.45, 2.75) is 26.3 Å². The fourth-order valence-corrected chi connectivity index (χ4v) is 5.37. The first kappa shape index (κ1) is 23.6. The summed E-state index contributed by atoms with van der Waals surface area (Å²) in [5.74, 6) is 1.07. The second kappa shape index (κ2) is 9.15. The Labute approximate surface area is 211 Å². The summed E-state index contributed by atoms with van der Waals surface area (Å²) >= 11 is 0. The normalized spacial score (nSPS) is 17.6. The Morgan fingerprint density at radius 3 is 2.17 bits per heavy atom. The number of nitrogens with zero attached hydrogens (tertiary/aromatic N) is 4. The average Bonchev–Trinajstić information content (AvgIpc) is 3.15. The zero-order chi connectivity index (χ0) is 25.4. The maximum absolute atomic E-state index is 13.7. The van der Waals surface area contributed by atoms with Gasteiger partial charge in [0.1, 0.15) is 17.0 Å². The molecular weight excluding hydrogens is 452 g/mol. The summed E-state index contributed by atoms with van der Waals surface area (Å²) in [6, 6.07) is 19.7. The van der Waals surface area contributed by atoms with Gasteiger partial charge in [-0.25, -0.2) is 5.01 Å². The van der Waals surface area contributed by atoms with E-state index in [1.54, 1.807) is 0 Å². The third kappa shape index (κ3) is 3.30. The minimum absolute atomic E-state index is 0.259. The standard InChI is InChI=1S/C29H30N4O3/c1-5-31(4)20-12-14-24-26(18-20)36-27-19-21(32(6-2)7-3)13-15-25(27)29(24)23-11-9-8-10-22(23)28(35)33(29)30-16-17-34/h8-19H,5-7H2,1-4H3/b30-16+. The molecule has 1 atom stereocenters. The van der Waals surface area contributed by atoms with Crippen LogP contribution in [0.1, 0.15) is 47.8 Å². The number of anilines is 2. The van der Waals surface area contributed by atoms with E-state index in [1.165, 1.54) is 5.01 Å². The molecule has 3 aromatic rings. The molecule has 7 nitrogen and oxygen atoms in total. The molecule has 0 radical (unpaired) electrons. The van der Waals surface area contributed by atoms with Crippen molar-refractivity contribution in [2.24, 2.45) is 5.10 Å². The summed E-state index contributed by atoms with van der Waals surface area (Å²) in [5.41, 5.74) is 3.97. The summed E-state index contributed by atoms with van der Waals surface area (Å²) in [7, 11) is 2.03. The van der Waals surface area contributed by atoms with Crippen LogP contribution in [0.15, 0.2) is 65.8 Å². The Bertz CT molecular complexity index is 1360. The summed E-state index contributed by atoms with van der Waals surface area (Å²) in [4.78, 5) is 29.4. The average molecular weight is 483 g/mol. The largest absolute Gasteiger partial charge is 0.456 e. The van der Waals surface area contributed by atoms with Crippen molar-refractivity contribution in [2.75, 3.05) is 36.5 Å². The highest BCUT2D eigenvalue weighted by Gasteiger charge is 2.57. The smallest absolute Gasteiger partial charge is 0.275 e. The van der Waals surface area contributed by atoms with E-state index in [1.807, 2.05) is 61.6 Å². The van der Waals surface area contributed by atoms with Crippen molar-refractivity contribution in [1.29, 1.82) is 0 Å². The van der Waals surface area contributed by atoms with E-state index in [2.05, 4.69) is 41.7 Å². The second-order valence-corrected chi connectivity index (χ2v) is 8.92. The molecule has 0 bridgehead atoms. The molecule has 36 heavy (non-hydrogen) atoms. The van der Waals surface area contributed by atoms with Crippen LogP contribution in [0, 0.1) is 0 Å². The van der Waals surface area contributed by atoms with Crippen LogP contribution in [-0.2, 0) is 10.3 Å². The summed E-state index contributed by atoms with van der Waals surface area (Å²) in [6.45, 7) is 8.89. The molecular formula is C29H30N4O3. The third-order valence-corrected chi connectivity index (χ3v) is 7.27. The number of hydrogen-bond acceptors (Lipinski definition) is 6. The fraction of sp³-hybridized carbons (Fsp3) is 0.276. The van der Waals surface area contributed by atoms with Crippen molar-refractivity contribution >= 4 is 29.8 Å². The van der Waals surface area contributed by atoms with Crippen LogP contribution in [0.25, 0.3) is 0 Å². The van der Waals surface area contributed by atoms with E-state index in [4.69, 9.17) is 4.74 Å². The summed E-state index contributed by atoms with van der Waals surface area (Å²) < 4.78 is 6.57. The van der Waals surface area contributed by atoms with Crippen molar-refractivity contribution in [1.82, 2.24) is 5.01 Å². The zero-order valence-electron chi connectivity index (χ0n) is 21.1. The van der Waals surface area contributed by atoms with Crippen LogP contribution < -0.4 is 14.5 Å². The van der Waals surface area contributed by atoms with Gasteiger partial charge in [-0.2, -0.15) is 5.10 Å². The van der Waals surface area contributed by atoms with Crippen molar-refractivity contribution in [3.63, 3.8) is 0 Å². The topological polar surface area (TPSA) is 65.5 Å². The number of fused-ring (bicyclic) bond motifs is 6. The van der Waals surface area contributed by atoms with E-state index in [0.29, 0.717) is 23.3 Å². The maximum atomic E-state index is 13.7. The maximum Gasteiger partial charge on any atom is 0.275 e. The molecule has 0 saturated heterocycles. The third-order valence-electron chi connectivity index (χ3n) is 7.27. The van der Waals surface area contributed by atoms with Crippen molar-refractivity contribution in [3.05, 3.63) is 82.9 Å². The van der Waals surface area contributed by atoms with Crippen LogP contribution in [0.5, 0.6) is 11.5 Å². The molecule has 2 heterocycles. The molecule has 1 amide bonds. The Balaban J connectivity index is 1.85. The molecule has 1 unspecified atom stereocenters. The Hall–Kier alpha value is -4.13. The van der Waals surface area contributed by atoms with Crippen LogP contribution >= 0.6 is 0 Å². The predicted octanol–water partition coefficient (Wildman–Crippen LogP) is 5.03. The van der Waals surface area contributed by atoms with Gasteiger partial charge in [0, 0.05) is 72.4 Å². The number of hydrogen-bond donors (Lipinski definition) is 0. The number of aldehydes is 1. The molecule has 0 N–H and O–H groups in total. The van der Waals surface area contributed by atoms with E-state index in [-0.39, 0.29) is 5.91 Å². The summed E-state index contributed by atoms with van der Waals surface area (Å²) in [5, 5.41) is 5.83. The summed E-state index contributed by atoms with van der Waals surface area (Å²) in [6.07, 6.45) is 1.72. The zero-order valence-corrected chi connectivity index (χ0v) is 21.1. The molecule has 2 aliphatic rings. The van der Waals surface area contributed by atoms with Crippen LogP contribution in [-0.4, -0.2) is 50.1 Å². The molecule has 0 fully saturated rings. The number of benzene rings is 3. The number of hydrazone groups is 1. The molecule has 5 rings (SSSR count). The minimum Gasteiger partial charge on any atom is -0.456 e. The van der Waals surface area contributed by atoms with Crippen LogP contribution in [0.4, 0.5) is 11.4 Å². The Kier molecular flexibility index (Phi) is 6.00. The Morgan fingerprint density at radius 1 is 0.889 bits per heavy atom. The quantitative estimate of drug-likeness (QED) is 0.349. The van der Waals surface area contributed by atoms with Gasteiger partial charge in [0.15, 0.2) is 6.29 Å². The minimum atomic E-state index is -1.07. The van der Waals surface area contributed by atoms with Crippen LogP contribution in [0.2, 0.25) is 0 Å². The molecule has 7 heteroatoms. The predicted molar refractivity (Wildman–Crippen MR) is 143 cm³/mol. The van der Waals surface area contributed by atoms with Gasteiger partial charge in [0.2, 0.25) is 0 Å². The van der Waals surface area contributed by atoms with E-state index in [9.17, 15) is 9.59 Å². The van der Waals surface area contributed by atoms with Gasteiger partial charge >= 0.3 is 0 Å². The van der Waals surface area contributed by atoms with Crippen molar-refractivity contribution in [3.8, 4) is 11.5 Å². The monoisotopic (exact) mass is 482 g/mol. The van der Waals surface area contributed by atoms with Crippen LogP contribution in [0.3, 0.4) is 0 Å². The molecule has 184 valence electrons. The van der Waals surface area contributed by atoms with Gasteiger partial charge in [0.05, 0.1) is 6.21 Å². The number of rotatable bonds is 7. The number of amides is 1. The van der Waals surface area contributed by atoms with E-state index >= 15 is 0 Å². The lowest BCUT2D eigenvalue weighted by atomic mass is 9.75. The van der Waals surface area contributed by atoms with E-state index < -0.39 is 5.54 Å². The van der Waals surface area contributed by atoms with Gasteiger partial charge in [-0.15, -0.1) is 0 Å². The molecule has 0 aliphatic carbocycles. The first-order chi connectivity index (χ1) is 17.5. The lowest BCUT2D eigenvalue weighted by Gasteiger charge is -2.42. The lowest BCUT2D eigenvalue weighted by molar-refractivity contribution is -0.102. The number of carbonyl (C=O) groups excluding carboxylic acids is 2. The van der Waals surface area contributed by atoms with Gasteiger partial charge in [-0.3, -0.25) is 9.59 Å². The molecule has 2 aliphatic heterocycles. The van der Waals surface area contributed by atoms with Gasteiger partial charge in [-0.05, 0) is 39.0 Å². The molecule has 0 aromatic heterocycles. The highest BCUT2D eigenvalue weighted by molar-refractivity contribution is 6.13. The first-order valence-electron chi connectivity index (χ1n) is 12.4. The van der Waals surface area contributed by atoms with Gasteiger partial charge < -0.3 is 14.5 Å². The van der Waals surface area contributed by atoms with E-state index in [0.717, 1.165) is 53.9 Å².